The molecule has 0 bridgehead atoms. The van der Waals surface area contributed by atoms with Gasteiger partial charge in [0.25, 0.3) is 5.91 Å². The first kappa shape index (κ1) is 42.9. The van der Waals surface area contributed by atoms with Crippen molar-refractivity contribution in [3.8, 4) is 0 Å². The van der Waals surface area contributed by atoms with Crippen molar-refractivity contribution in [3.63, 3.8) is 0 Å². The van der Waals surface area contributed by atoms with E-state index in [2.05, 4.69) is 88.6 Å². The number of piperazine rings is 1. The van der Waals surface area contributed by atoms with Gasteiger partial charge >= 0.3 is 12.1 Å². The lowest BCUT2D eigenvalue weighted by Gasteiger charge is -2.41. The molecule has 306 valence electrons. The number of nitrogens with zero attached hydrogens (tertiary/aromatic N) is 4. The van der Waals surface area contributed by atoms with Gasteiger partial charge in [0.15, 0.2) is 5.96 Å². The van der Waals surface area contributed by atoms with Crippen LogP contribution in [0.15, 0.2) is 59.6 Å². The van der Waals surface area contributed by atoms with Crippen LogP contribution in [0.5, 0.6) is 0 Å². The largest absolute Gasteiger partial charge is 0.490 e. The van der Waals surface area contributed by atoms with E-state index in [1.807, 2.05) is 12.1 Å². The van der Waals surface area contributed by atoms with E-state index in [-0.39, 0.29) is 23.9 Å². The summed E-state index contributed by atoms with van der Waals surface area (Å²) in [6.07, 6.45) is 0.776. The zero-order valence-electron chi connectivity index (χ0n) is 32.6. The Balaban J connectivity index is 0.000000784. The third kappa shape index (κ3) is 12.1. The van der Waals surface area contributed by atoms with Crippen LogP contribution in [0.4, 0.5) is 13.2 Å². The highest BCUT2D eigenvalue weighted by Crippen LogP contribution is 2.33. The summed E-state index contributed by atoms with van der Waals surface area (Å²) in [6.45, 7) is 14.6. The van der Waals surface area contributed by atoms with Crippen molar-refractivity contribution in [2.75, 3.05) is 59.0 Å². The quantitative estimate of drug-likeness (QED) is 0.157. The van der Waals surface area contributed by atoms with Crippen molar-refractivity contribution in [2.45, 2.75) is 89.5 Å². The topological polar surface area (TPSA) is 127 Å². The molecule has 0 spiro atoms. The number of carboxylic acid groups (broad SMARTS) is 1. The highest BCUT2D eigenvalue weighted by atomic mass is 32.1. The lowest BCUT2D eigenvalue weighted by molar-refractivity contribution is -0.192. The number of thiophene rings is 1. The number of nitrogens with one attached hydrogen (secondary N) is 2. The molecule has 1 aromatic heterocycles. The molecule has 1 saturated carbocycles. The molecule has 6 rings (SSSR count). The van der Waals surface area contributed by atoms with Crippen LogP contribution in [-0.2, 0) is 20.7 Å². The molecule has 2 saturated heterocycles. The molecule has 1 aliphatic carbocycles. The first-order valence-electron chi connectivity index (χ1n) is 19.6. The van der Waals surface area contributed by atoms with E-state index in [1.165, 1.54) is 22.5 Å². The molecule has 0 radical (unpaired) electrons. The molecule has 11 nitrogen and oxygen atoms in total. The minimum Gasteiger partial charge on any atom is -0.475 e. The fourth-order valence-electron chi connectivity index (χ4n) is 7.45. The van der Waals surface area contributed by atoms with Crippen molar-refractivity contribution in [2.24, 2.45) is 4.99 Å². The fraction of sp³-hybridized carbons (Fsp3) is 0.561. The van der Waals surface area contributed by atoms with Gasteiger partial charge in [-0.3, -0.25) is 19.5 Å². The molecule has 3 aliphatic rings. The molecule has 3 aromatic rings. The molecule has 2 aliphatic heterocycles. The molecule has 2 amide bonds. The lowest BCUT2D eigenvalue weighted by atomic mass is 9.94. The highest BCUT2D eigenvalue weighted by molar-refractivity contribution is 7.20. The van der Waals surface area contributed by atoms with E-state index in [0.29, 0.717) is 17.7 Å². The smallest absolute Gasteiger partial charge is 0.475 e. The lowest BCUT2D eigenvalue weighted by Crippen LogP contribution is -2.59. The van der Waals surface area contributed by atoms with Crippen LogP contribution in [0.3, 0.4) is 0 Å². The number of carbonyl (C=O) groups is 3. The van der Waals surface area contributed by atoms with E-state index >= 15 is 0 Å². The van der Waals surface area contributed by atoms with Crippen LogP contribution in [0.2, 0.25) is 0 Å². The number of halogens is 3. The Morgan fingerprint density at radius 2 is 1.59 bits per heavy atom. The SMILES string of the molecule is Cc1ccc2cc(C(=O)NC3(C(=O)N[C@@H](CCCN4CCN(C(=NC(C)C)N5CCOCC5)CC4)Cc4ccccc4)CCCC3)sc2c1.O=C(O)C(F)(F)F. The summed E-state index contributed by atoms with van der Waals surface area (Å²) < 4.78 is 38.4. The van der Waals surface area contributed by atoms with Gasteiger partial charge in [-0.15, -0.1) is 11.3 Å². The number of amides is 2. The molecule has 15 heteroatoms. The Labute approximate surface area is 331 Å². The predicted octanol–water partition coefficient (Wildman–Crippen LogP) is 6.11. The Morgan fingerprint density at radius 1 is 0.946 bits per heavy atom. The van der Waals surface area contributed by atoms with E-state index in [4.69, 9.17) is 19.6 Å². The van der Waals surface area contributed by atoms with Gasteiger partial charge in [0.1, 0.15) is 5.54 Å². The Morgan fingerprint density at radius 3 is 2.21 bits per heavy atom. The average Bonchev–Trinajstić information content (AvgIpc) is 3.83. The number of fused-ring (bicyclic) bond motifs is 1. The van der Waals surface area contributed by atoms with Crippen LogP contribution < -0.4 is 10.6 Å². The third-order valence-electron chi connectivity index (χ3n) is 10.4. The maximum absolute atomic E-state index is 14.2. The number of carbonyl (C=O) groups excluding carboxylic acids is 2. The van der Waals surface area contributed by atoms with Gasteiger partial charge in [-0.05, 0) is 88.1 Å². The Hall–Kier alpha value is -4.21. The summed E-state index contributed by atoms with van der Waals surface area (Å²) >= 11 is 1.50. The number of aliphatic carboxylic acids is 1. The summed E-state index contributed by atoms with van der Waals surface area (Å²) in [5.74, 6) is -1.82. The zero-order valence-corrected chi connectivity index (χ0v) is 33.4. The maximum Gasteiger partial charge on any atom is 0.490 e. The number of morpholine rings is 1. The summed E-state index contributed by atoms with van der Waals surface area (Å²) in [6, 6.07) is 18.9. The second-order valence-corrected chi connectivity index (χ2v) is 16.2. The summed E-state index contributed by atoms with van der Waals surface area (Å²) in [5.41, 5.74) is 1.52. The van der Waals surface area contributed by atoms with E-state index in [1.54, 1.807) is 0 Å². The minimum atomic E-state index is -5.08. The molecule has 3 fully saturated rings. The number of rotatable bonds is 11. The maximum atomic E-state index is 14.2. The van der Waals surface area contributed by atoms with Gasteiger partial charge < -0.3 is 30.3 Å². The number of hydrogen-bond acceptors (Lipinski definition) is 7. The van der Waals surface area contributed by atoms with Crippen LogP contribution in [0.25, 0.3) is 10.1 Å². The highest BCUT2D eigenvalue weighted by Gasteiger charge is 2.43. The number of carboxylic acids is 1. The molecule has 3 heterocycles. The molecule has 3 N–H and O–H groups in total. The number of guanidine groups is 1. The molecule has 0 unspecified atom stereocenters. The summed E-state index contributed by atoms with van der Waals surface area (Å²) in [5, 5.41) is 14.9. The molecular formula is C41H55F3N6O5S. The molecule has 1 atom stereocenters. The number of aliphatic imine (C=N–C) groups is 1. The van der Waals surface area contributed by atoms with E-state index in [9.17, 15) is 22.8 Å². The second-order valence-electron chi connectivity index (χ2n) is 15.2. The van der Waals surface area contributed by atoms with Crippen molar-refractivity contribution in [1.29, 1.82) is 0 Å². The van der Waals surface area contributed by atoms with Gasteiger partial charge in [-0.2, -0.15) is 13.2 Å². The van der Waals surface area contributed by atoms with Crippen molar-refractivity contribution in [1.82, 2.24) is 25.3 Å². The summed E-state index contributed by atoms with van der Waals surface area (Å²) in [7, 11) is 0. The predicted molar refractivity (Wildman–Crippen MR) is 213 cm³/mol. The van der Waals surface area contributed by atoms with Crippen LogP contribution in [0, 0.1) is 6.92 Å². The first-order valence-corrected chi connectivity index (χ1v) is 20.4. The van der Waals surface area contributed by atoms with Crippen molar-refractivity contribution >= 4 is 45.2 Å². The fourth-order valence-corrected chi connectivity index (χ4v) is 8.51. The van der Waals surface area contributed by atoms with E-state index in [0.717, 1.165) is 107 Å². The number of benzene rings is 2. The summed E-state index contributed by atoms with van der Waals surface area (Å²) in [4.78, 5) is 49.7. The molecular weight excluding hydrogens is 746 g/mol. The van der Waals surface area contributed by atoms with Gasteiger partial charge in [0.05, 0.1) is 18.1 Å². The number of ether oxygens (including phenoxy) is 1. The molecule has 56 heavy (non-hydrogen) atoms. The van der Waals surface area contributed by atoms with Crippen LogP contribution in [-0.4, -0.2) is 126 Å². The Bertz CT molecular complexity index is 1780. The van der Waals surface area contributed by atoms with Gasteiger partial charge in [0, 0.05) is 56.1 Å². The third-order valence-corrected chi connectivity index (χ3v) is 11.5. The average molecular weight is 801 g/mol. The number of hydrogen-bond donors (Lipinski definition) is 3. The van der Waals surface area contributed by atoms with Crippen LogP contribution >= 0.6 is 11.3 Å². The van der Waals surface area contributed by atoms with E-state index < -0.39 is 17.7 Å². The van der Waals surface area contributed by atoms with Gasteiger partial charge in [-0.1, -0.05) is 55.3 Å². The second kappa shape index (κ2) is 19.8. The first-order chi connectivity index (χ1) is 26.7. The van der Waals surface area contributed by atoms with Crippen LogP contribution in [0.1, 0.15) is 73.2 Å². The zero-order chi connectivity index (χ0) is 40.3. The Kier molecular flexibility index (Phi) is 15.2. The number of alkyl halides is 3. The van der Waals surface area contributed by atoms with Gasteiger partial charge in [0.2, 0.25) is 5.91 Å². The minimum absolute atomic E-state index is 0.0102. The van der Waals surface area contributed by atoms with Crippen molar-refractivity contribution in [3.05, 3.63) is 70.6 Å². The molecule has 2 aromatic carbocycles. The van der Waals surface area contributed by atoms with Gasteiger partial charge in [-0.25, -0.2) is 4.79 Å². The van der Waals surface area contributed by atoms with Crippen molar-refractivity contribution < 1.29 is 37.4 Å². The monoisotopic (exact) mass is 800 g/mol. The normalized spacial score (nSPS) is 18.4. The number of aryl methyl sites for hydroxylation is 1. The standard InChI is InChI=1S/C39H54N6O3S.C2HF3O2/c1-29(2)40-38(45-22-24-48-25-23-45)44-20-18-43(19-21-44)17-9-12-33(27-31-10-5-4-6-11-31)41-37(47)39(15-7-8-16-39)42-36(46)35-28-32-14-13-30(3)26-34(32)49-35;3-2(4,5)1(6)7/h4-6,10-11,13-14,26,28-29,33H,7-9,12,15-25,27H2,1-3H3,(H,41,47)(H,42,46);(H,6,7)/t33-;/m0./s1.